The standard InChI is InChI=1S/C14H27N3O/c1-6-14(7-2,10-15)12-16-11(17-18-12)8-9-13(3,4)5/h6-10,15H2,1-5H3. The molecule has 4 heteroatoms. The maximum absolute atomic E-state index is 5.89. The molecule has 0 saturated heterocycles. The van der Waals surface area contributed by atoms with Crippen molar-refractivity contribution >= 4 is 0 Å². The van der Waals surface area contributed by atoms with Crippen molar-refractivity contribution in [3.63, 3.8) is 0 Å². The van der Waals surface area contributed by atoms with Crippen molar-refractivity contribution in [3.8, 4) is 0 Å². The van der Waals surface area contributed by atoms with Gasteiger partial charge in [-0.1, -0.05) is 39.8 Å². The first-order valence-electron chi connectivity index (χ1n) is 6.90. The van der Waals surface area contributed by atoms with Crippen LogP contribution in [0.4, 0.5) is 0 Å². The molecule has 0 aliphatic carbocycles. The summed E-state index contributed by atoms with van der Waals surface area (Å²) >= 11 is 0. The predicted molar refractivity (Wildman–Crippen MR) is 73.4 cm³/mol. The molecule has 1 aromatic rings. The Balaban J connectivity index is 2.79. The van der Waals surface area contributed by atoms with E-state index in [4.69, 9.17) is 10.3 Å². The number of rotatable bonds is 6. The maximum Gasteiger partial charge on any atom is 0.234 e. The lowest BCUT2D eigenvalue weighted by Crippen LogP contribution is -2.34. The SMILES string of the molecule is CCC(CC)(CN)c1nc(CCC(C)(C)C)no1. The van der Waals surface area contributed by atoms with E-state index in [1.54, 1.807) is 0 Å². The second-order valence-electron chi connectivity index (χ2n) is 6.27. The summed E-state index contributed by atoms with van der Waals surface area (Å²) in [6, 6.07) is 0. The van der Waals surface area contributed by atoms with Crippen LogP contribution >= 0.6 is 0 Å². The van der Waals surface area contributed by atoms with E-state index in [2.05, 4.69) is 44.8 Å². The highest BCUT2D eigenvalue weighted by atomic mass is 16.5. The third-order valence-corrected chi connectivity index (χ3v) is 3.76. The van der Waals surface area contributed by atoms with Crippen LogP contribution in [0.1, 0.15) is 65.6 Å². The molecular formula is C14H27N3O. The molecule has 104 valence electrons. The second-order valence-corrected chi connectivity index (χ2v) is 6.27. The van der Waals surface area contributed by atoms with Gasteiger partial charge in [0.25, 0.3) is 0 Å². The summed E-state index contributed by atoms with van der Waals surface area (Å²) in [6.07, 6.45) is 3.78. The molecule has 0 aromatic carbocycles. The van der Waals surface area contributed by atoms with Crippen LogP contribution in [0.15, 0.2) is 4.52 Å². The molecule has 18 heavy (non-hydrogen) atoms. The molecule has 0 amide bonds. The fourth-order valence-corrected chi connectivity index (χ4v) is 1.99. The quantitative estimate of drug-likeness (QED) is 0.846. The molecule has 0 fully saturated rings. The summed E-state index contributed by atoms with van der Waals surface area (Å²) in [5.74, 6) is 1.51. The minimum atomic E-state index is -0.146. The van der Waals surface area contributed by atoms with Gasteiger partial charge in [0.05, 0.1) is 5.41 Å². The van der Waals surface area contributed by atoms with Crippen molar-refractivity contribution in [1.29, 1.82) is 0 Å². The molecule has 1 heterocycles. The molecule has 2 N–H and O–H groups in total. The fourth-order valence-electron chi connectivity index (χ4n) is 1.99. The molecule has 0 aliphatic rings. The van der Waals surface area contributed by atoms with Gasteiger partial charge in [0.1, 0.15) is 0 Å². The molecule has 0 spiro atoms. The van der Waals surface area contributed by atoms with Crippen molar-refractivity contribution in [2.75, 3.05) is 6.54 Å². The van der Waals surface area contributed by atoms with Crippen LogP contribution in [0.3, 0.4) is 0 Å². The first-order chi connectivity index (χ1) is 8.37. The number of hydrogen-bond donors (Lipinski definition) is 1. The van der Waals surface area contributed by atoms with Gasteiger partial charge in [-0.2, -0.15) is 4.98 Å². The zero-order valence-corrected chi connectivity index (χ0v) is 12.4. The van der Waals surface area contributed by atoms with Crippen molar-refractivity contribution in [3.05, 3.63) is 11.7 Å². The largest absolute Gasteiger partial charge is 0.339 e. The Morgan fingerprint density at radius 1 is 1.17 bits per heavy atom. The highest BCUT2D eigenvalue weighted by Crippen LogP contribution is 2.29. The van der Waals surface area contributed by atoms with E-state index in [1.807, 2.05) is 0 Å². The molecule has 4 nitrogen and oxygen atoms in total. The lowest BCUT2D eigenvalue weighted by Gasteiger charge is -2.24. The van der Waals surface area contributed by atoms with E-state index < -0.39 is 0 Å². The zero-order valence-electron chi connectivity index (χ0n) is 12.4. The number of aryl methyl sites for hydroxylation is 1. The van der Waals surface area contributed by atoms with E-state index in [0.717, 1.165) is 31.5 Å². The second kappa shape index (κ2) is 5.83. The van der Waals surface area contributed by atoms with Crippen LogP contribution in [-0.2, 0) is 11.8 Å². The first-order valence-corrected chi connectivity index (χ1v) is 6.90. The van der Waals surface area contributed by atoms with E-state index >= 15 is 0 Å². The highest BCUT2D eigenvalue weighted by molar-refractivity contribution is 5.05. The summed E-state index contributed by atoms with van der Waals surface area (Å²) in [7, 11) is 0. The van der Waals surface area contributed by atoms with Gasteiger partial charge in [0.15, 0.2) is 5.82 Å². The van der Waals surface area contributed by atoms with Gasteiger partial charge >= 0.3 is 0 Å². The third kappa shape index (κ3) is 3.55. The normalized spacial score (nSPS) is 13.0. The Morgan fingerprint density at radius 3 is 2.22 bits per heavy atom. The van der Waals surface area contributed by atoms with Crippen LogP contribution in [0.5, 0.6) is 0 Å². The minimum absolute atomic E-state index is 0.146. The minimum Gasteiger partial charge on any atom is -0.339 e. The fraction of sp³-hybridized carbons (Fsp3) is 0.857. The van der Waals surface area contributed by atoms with Crippen LogP contribution in [0.2, 0.25) is 0 Å². The third-order valence-electron chi connectivity index (χ3n) is 3.76. The Kier molecular flexibility index (Phi) is 4.91. The van der Waals surface area contributed by atoms with Gasteiger partial charge in [-0.05, 0) is 24.7 Å². The molecule has 1 aromatic heterocycles. The molecule has 0 saturated carbocycles. The zero-order chi connectivity index (χ0) is 13.8. The Bertz CT molecular complexity index is 353. The topological polar surface area (TPSA) is 64.9 Å². The first kappa shape index (κ1) is 15.2. The van der Waals surface area contributed by atoms with Crippen LogP contribution < -0.4 is 5.73 Å². The van der Waals surface area contributed by atoms with E-state index in [-0.39, 0.29) is 5.41 Å². The van der Waals surface area contributed by atoms with Crippen LogP contribution in [0, 0.1) is 5.41 Å². The van der Waals surface area contributed by atoms with Crippen LogP contribution in [0.25, 0.3) is 0 Å². The average molecular weight is 253 g/mol. The Morgan fingerprint density at radius 2 is 1.78 bits per heavy atom. The van der Waals surface area contributed by atoms with Gasteiger partial charge in [-0.3, -0.25) is 0 Å². The molecular weight excluding hydrogens is 226 g/mol. The van der Waals surface area contributed by atoms with Crippen molar-refractivity contribution < 1.29 is 4.52 Å². The molecule has 0 bridgehead atoms. The number of nitrogens with zero attached hydrogens (tertiary/aromatic N) is 2. The Labute approximate surface area is 110 Å². The summed E-state index contributed by atoms with van der Waals surface area (Å²) < 4.78 is 5.43. The van der Waals surface area contributed by atoms with Crippen molar-refractivity contribution in [2.24, 2.45) is 11.1 Å². The van der Waals surface area contributed by atoms with Gasteiger partial charge < -0.3 is 10.3 Å². The van der Waals surface area contributed by atoms with Gasteiger partial charge in [0, 0.05) is 13.0 Å². The summed E-state index contributed by atoms with van der Waals surface area (Å²) in [6.45, 7) is 11.5. The highest BCUT2D eigenvalue weighted by Gasteiger charge is 2.33. The van der Waals surface area contributed by atoms with Gasteiger partial charge in [0.2, 0.25) is 5.89 Å². The van der Waals surface area contributed by atoms with Crippen molar-refractivity contribution in [1.82, 2.24) is 10.1 Å². The van der Waals surface area contributed by atoms with E-state index in [1.165, 1.54) is 0 Å². The van der Waals surface area contributed by atoms with Gasteiger partial charge in [-0.25, -0.2) is 0 Å². The predicted octanol–water partition coefficient (Wildman–Crippen LogP) is 3.06. The van der Waals surface area contributed by atoms with Gasteiger partial charge in [-0.15, -0.1) is 0 Å². The van der Waals surface area contributed by atoms with E-state index in [9.17, 15) is 0 Å². The molecule has 0 unspecified atom stereocenters. The molecule has 0 atom stereocenters. The smallest absolute Gasteiger partial charge is 0.234 e. The summed E-state index contributed by atoms with van der Waals surface area (Å²) in [5.41, 5.74) is 6.03. The van der Waals surface area contributed by atoms with E-state index in [0.29, 0.717) is 17.9 Å². The number of hydrogen-bond acceptors (Lipinski definition) is 4. The molecule has 0 radical (unpaired) electrons. The lowest BCUT2D eigenvalue weighted by atomic mass is 9.82. The average Bonchev–Trinajstić information content (AvgIpc) is 2.78. The van der Waals surface area contributed by atoms with Crippen LogP contribution in [-0.4, -0.2) is 16.7 Å². The molecule has 1 rings (SSSR count). The molecule has 0 aliphatic heterocycles. The van der Waals surface area contributed by atoms with Crippen molar-refractivity contribution in [2.45, 2.75) is 65.7 Å². The summed E-state index contributed by atoms with van der Waals surface area (Å²) in [4.78, 5) is 4.54. The summed E-state index contributed by atoms with van der Waals surface area (Å²) in [5, 5.41) is 4.09. The maximum atomic E-state index is 5.89. The number of nitrogens with two attached hydrogens (primary N) is 1. The monoisotopic (exact) mass is 253 g/mol. The number of aromatic nitrogens is 2. The Hall–Kier alpha value is -0.900. The lowest BCUT2D eigenvalue weighted by molar-refractivity contribution is 0.265.